The van der Waals surface area contributed by atoms with Gasteiger partial charge in [-0.25, -0.2) is 22.6 Å². The molecule has 0 aromatic heterocycles. The molecule has 2 aliphatic heterocycles. The van der Waals surface area contributed by atoms with Gasteiger partial charge in [0, 0.05) is 34.6 Å². The standard InChI is InChI=1S/C27H33F4N3/c1-6-7-9-22(24(29)16-28)17-33-20(4)25(18(2)27(5)14-8-15-34(27)33)19(3)32-23-12-10-21(11-13-23)26(30)31/h9-13,16,26,32H,3-4,6-8,14-15,17H2,1-2,5H3/b22-9-,24-16-. The van der Waals surface area contributed by atoms with E-state index in [9.17, 15) is 17.6 Å². The SMILES string of the molecule is C=C(Nc1ccc(C(F)F)cc1)C1=C(C)C2(C)CCCN2N(CC(=C/CCC)/C(F)=C/F)C1=C. The molecule has 1 aromatic rings. The molecule has 1 unspecified atom stereocenters. The molecule has 3 rings (SSSR count). The Labute approximate surface area is 199 Å². The molecule has 1 aromatic carbocycles. The summed E-state index contributed by atoms with van der Waals surface area (Å²) in [5.74, 6) is -0.883. The molecule has 0 aliphatic carbocycles. The monoisotopic (exact) mass is 475 g/mol. The summed E-state index contributed by atoms with van der Waals surface area (Å²) in [6.07, 6.45) is 2.51. The van der Waals surface area contributed by atoms with Crippen molar-refractivity contribution < 1.29 is 17.6 Å². The fraction of sp³-hybridized carbons (Fsp3) is 0.407. The number of fused-ring (bicyclic) bond motifs is 1. The average Bonchev–Trinajstić information content (AvgIpc) is 3.21. The molecule has 0 bridgehead atoms. The van der Waals surface area contributed by atoms with Crippen molar-refractivity contribution in [3.05, 3.63) is 89.3 Å². The molecule has 0 spiro atoms. The van der Waals surface area contributed by atoms with Crippen LogP contribution >= 0.6 is 0 Å². The second-order valence-electron chi connectivity index (χ2n) is 9.01. The minimum absolute atomic E-state index is 0.00290. The van der Waals surface area contributed by atoms with Crippen LogP contribution in [0.15, 0.2) is 83.8 Å². The van der Waals surface area contributed by atoms with Crippen molar-refractivity contribution in [2.24, 2.45) is 0 Å². The molecular weight excluding hydrogens is 442 g/mol. The van der Waals surface area contributed by atoms with Crippen LogP contribution in [-0.4, -0.2) is 28.6 Å². The molecule has 1 saturated heterocycles. The molecule has 0 radical (unpaired) electrons. The van der Waals surface area contributed by atoms with Crippen LogP contribution in [0.4, 0.5) is 23.2 Å². The molecule has 0 saturated carbocycles. The van der Waals surface area contributed by atoms with Gasteiger partial charge in [-0.05, 0) is 50.8 Å². The quantitative estimate of drug-likeness (QED) is 0.289. The van der Waals surface area contributed by atoms with E-state index in [1.54, 1.807) is 18.2 Å². The van der Waals surface area contributed by atoms with Gasteiger partial charge in [0.05, 0.1) is 17.8 Å². The molecule has 2 aliphatic rings. The second kappa shape index (κ2) is 10.6. The number of benzene rings is 1. The molecule has 2 heterocycles. The summed E-state index contributed by atoms with van der Waals surface area (Å²) in [7, 11) is 0. The third kappa shape index (κ3) is 4.99. The lowest BCUT2D eigenvalue weighted by Gasteiger charge is -2.51. The number of hydrogen-bond acceptors (Lipinski definition) is 3. The predicted molar refractivity (Wildman–Crippen MR) is 130 cm³/mol. The Bertz CT molecular complexity index is 1020. The highest BCUT2D eigenvalue weighted by Gasteiger charge is 2.47. The van der Waals surface area contributed by atoms with E-state index in [-0.39, 0.29) is 29.6 Å². The average molecular weight is 476 g/mol. The van der Waals surface area contributed by atoms with Gasteiger partial charge >= 0.3 is 0 Å². The lowest BCUT2D eigenvalue weighted by atomic mass is 9.83. The van der Waals surface area contributed by atoms with Crippen molar-refractivity contribution in [1.29, 1.82) is 0 Å². The first-order valence-corrected chi connectivity index (χ1v) is 11.6. The summed E-state index contributed by atoms with van der Waals surface area (Å²) in [6.45, 7) is 15.6. The van der Waals surface area contributed by atoms with E-state index in [2.05, 4.69) is 30.4 Å². The number of nitrogens with one attached hydrogen (secondary N) is 1. The number of nitrogens with zero attached hydrogens (tertiary/aromatic N) is 2. The first kappa shape index (κ1) is 25.8. The molecule has 1 fully saturated rings. The van der Waals surface area contributed by atoms with Crippen molar-refractivity contribution in [2.75, 3.05) is 18.4 Å². The zero-order valence-corrected chi connectivity index (χ0v) is 20.1. The number of allylic oxidation sites excluding steroid dienone is 1. The molecule has 0 amide bonds. The molecule has 34 heavy (non-hydrogen) atoms. The molecule has 7 heteroatoms. The summed E-state index contributed by atoms with van der Waals surface area (Å²) in [5, 5.41) is 7.32. The van der Waals surface area contributed by atoms with Crippen LogP contribution in [0.2, 0.25) is 0 Å². The maximum atomic E-state index is 14.4. The summed E-state index contributed by atoms with van der Waals surface area (Å²) < 4.78 is 53.3. The van der Waals surface area contributed by atoms with Gasteiger partial charge in [-0.1, -0.05) is 44.7 Å². The number of halogens is 4. The van der Waals surface area contributed by atoms with Gasteiger partial charge in [-0.15, -0.1) is 0 Å². The third-order valence-corrected chi connectivity index (χ3v) is 6.84. The Morgan fingerprint density at radius 1 is 1.26 bits per heavy atom. The zero-order valence-electron chi connectivity index (χ0n) is 20.1. The van der Waals surface area contributed by atoms with E-state index >= 15 is 0 Å². The lowest BCUT2D eigenvalue weighted by molar-refractivity contribution is -0.0348. The lowest BCUT2D eigenvalue weighted by Crippen LogP contribution is -2.56. The van der Waals surface area contributed by atoms with Crippen molar-refractivity contribution >= 4 is 5.69 Å². The molecule has 1 atom stereocenters. The zero-order chi connectivity index (χ0) is 25.0. The second-order valence-corrected chi connectivity index (χ2v) is 9.01. The molecule has 184 valence electrons. The highest BCUT2D eigenvalue weighted by atomic mass is 19.3. The number of hydrogen-bond donors (Lipinski definition) is 1. The Morgan fingerprint density at radius 2 is 1.94 bits per heavy atom. The van der Waals surface area contributed by atoms with Crippen molar-refractivity contribution in [2.45, 2.75) is 58.4 Å². The maximum Gasteiger partial charge on any atom is 0.263 e. The van der Waals surface area contributed by atoms with Gasteiger partial charge in [-0.2, -0.15) is 0 Å². The normalized spacial score (nSPS) is 22.0. The number of unbranched alkanes of at least 4 members (excludes halogenated alkanes) is 1. The van der Waals surface area contributed by atoms with Crippen LogP contribution in [0.3, 0.4) is 0 Å². The van der Waals surface area contributed by atoms with E-state index in [0.29, 0.717) is 23.5 Å². The van der Waals surface area contributed by atoms with Crippen LogP contribution < -0.4 is 5.32 Å². The van der Waals surface area contributed by atoms with Crippen LogP contribution in [0.25, 0.3) is 0 Å². The predicted octanol–water partition coefficient (Wildman–Crippen LogP) is 7.97. The summed E-state index contributed by atoms with van der Waals surface area (Å²) in [4.78, 5) is 0. The molecule has 3 nitrogen and oxygen atoms in total. The minimum atomic E-state index is -2.53. The van der Waals surface area contributed by atoms with Crippen LogP contribution in [0, 0.1) is 0 Å². The Kier molecular flexibility index (Phi) is 8.08. The first-order valence-electron chi connectivity index (χ1n) is 11.6. The smallest absolute Gasteiger partial charge is 0.263 e. The highest BCUT2D eigenvalue weighted by Crippen LogP contribution is 2.46. The molecule has 1 N–H and O–H groups in total. The van der Waals surface area contributed by atoms with Crippen LogP contribution in [-0.2, 0) is 0 Å². The third-order valence-electron chi connectivity index (χ3n) is 6.84. The number of rotatable bonds is 9. The van der Waals surface area contributed by atoms with Crippen LogP contribution in [0.1, 0.15) is 58.4 Å². The Morgan fingerprint density at radius 3 is 2.53 bits per heavy atom. The van der Waals surface area contributed by atoms with Crippen molar-refractivity contribution in [1.82, 2.24) is 10.0 Å². The highest BCUT2D eigenvalue weighted by molar-refractivity contribution is 5.60. The summed E-state index contributed by atoms with van der Waals surface area (Å²) in [6, 6.07) is 5.92. The maximum absolute atomic E-state index is 14.4. The molecular formula is C27H33F4N3. The Hall–Kier alpha value is -2.80. The van der Waals surface area contributed by atoms with Gasteiger partial charge in [0.2, 0.25) is 0 Å². The van der Waals surface area contributed by atoms with E-state index < -0.39 is 12.3 Å². The topological polar surface area (TPSA) is 18.5 Å². The van der Waals surface area contributed by atoms with Gasteiger partial charge < -0.3 is 10.3 Å². The van der Waals surface area contributed by atoms with Gasteiger partial charge in [-0.3, -0.25) is 0 Å². The van der Waals surface area contributed by atoms with Crippen LogP contribution in [0.5, 0.6) is 0 Å². The minimum Gasteiger partial charge on any atom is -0.355 e. The fourth-order valence-electron chi connectivity index (χ4n) is 4.80. The van der Waals surface area contributed by atoms with Gasteiger partial charge in [0.25, 0.3) is 6.43 Å². The van der Waals surface area contributed by atoms with E-state index in [0.717, 1.165) is 37.0 Å². The van der Waals surface area contributed by atoms with Gasteiger partial charge in [0.15, 0.2) is 5.83 Å². The van der Waals surface area contributed by atoms with Crippen molar-refractivity contribution in [3.63, 3.8) is 0 Å². The fourth-order valence-corrected chi connectivity index (χ4v) is 4.80. The van der Waals surface area contributed by atoms with Crippen molar-refractivity contribution in [3.8, 4) is 0 Å². The number of hydrazine groups is 1. The Balaban J connectivity index is 1.95. The van der Waals surface area contributed by atoms with Gasteiger partial charge in [0.1, 0.15) is 6.33 Å². The summed E-state index contributed by atoms with van der Waals surface area (Å²) >= 11 is 0. The van der Waals surface area contributed by atoms with E-state index in [1.165, 1.54) is 12.1 Å². The number of alkyl halides is 2. The van der Waals surface area contributed by atoms with E-state index in [1.807, 2.05) is 18.9 Å². The largest absolute Gasteiger partial charge is 0.355 e. The number of anilines is 1. The summed E-state index contributed by atoms with van der Waals surface area (Å²) in [5.41, 5.74) is 3.61. The van der Waals surface area contributed by atoms with E-state index in [4.69, 9.17) is 0 Å². The first-order chi connectivity index (χ1) is 16.1.